The van der Waals surface area contributed by atoms with Crippen LogP contribution in [0.2, 0.25) is 10.0 Å². The van der Waals surface area contributed by atoms with Gasteiger partial charge in [0.1, 0.15) is 0 Å². The van der Waals surface area contributed by atoms with E-state index in [0.29, 0.717) is 37.4 Å². The fourth-order valence-electron chi connectivity index (χ4n) is 3.56. The summed E-state index contributed by atoms with van der Waals surface area (Å²) < 4.78 is 1.50. The van der Waals surface area contributed by atoms with E-state index >= 15 is 0 Å². The summed E-state index contributed by atoms with van der Waals surface area (Å²) in [5, 5.41) is 2.76. The van der Waals surface area contributed by atoms with Gasteiger partial charge in [-0.15, -0.1) is 0 Å². The van der Waals surface area contributed by atoms with Crippen molar-refractivity contribution in [2.75, 3.05) is 5.75 Å². The molecule has 0 unspecified atom stereocenters. The number of aromatic nitrogens is 3. The molecule has 32 heavy (non-hydrogen) atoms. The maximum absolute atomic E-state index is 13.3. The van der Waals surface area contributed by atoms with Gasteiger partial charge in [-0.1, -0.05) is 53.2 Å². The Morgan fingerprint density at radius 1 is 0.969 bits per heavy atom. The SMILES string of the molecule is O=C(CSc1nc2cc(Cl)ccc2c(=O)n1-c1ccc(Cl)cc1)c1c[nH]c2ccccc12. The maximum atomic E-state index is 13.3. The zero-order chi connectivity index (χ0) is 22.2. The van der Waals surface area contributed by atoms with Crippen LogP contribution in [0.5, 0.6) is 0 Å². The van der Waals surface area contributed by atoms with Crippen LogP contribution < -0.4 is 5.56 Å². The van der Waals surface area contributed by atoms with Crippen LogP contribution in [0.25, 0.3) is 27.5 Å². The number of hydrogen-bond donors (Lipinski definition) is 1. The monoisotopic (exact) mass is 479 g/mol. The van der Waals surface area contributed by atoms with Gasteiger partial charge in [0.25, 0.3) is 5.56 Å². The van der Waals surface area contributed by atoms with Gasteiger partial charge in [-0.3, -0.25) is 14.2 Å². The van der Waals surface area contributed by atoms with Crippen molar-refractivity contribution in [1.82, 2.24) is 14.5 Å². The molecule has 158 valence electrons. The number of aromatic amines is 1. The van der Waals surface area contributed by atoms with Crippen LogP contribution >= 0.6 is 35.0 Å². The molecular weight excluding hydrogens is 465 g/mol. The number of thioether (sulfide) groups is 1. The third-order valence-electron chi connectivity index (χ3n) is 5.11. The highest BCUT2D eigenvalue weighted by atomic mass is 35.5. The molecule has 5 aromatic rings. The first kappa shape index (κ1) is 20.8. The Balaban J connectivity index is 1.57. The topological polar surface area (TPSA) is 67.8 Å². The van der Waals surface area contributed by atoms with Crippen LogP contribution in [0.15, 0.2) is 82.9 Å². The summed E-state index contributed by atoms with van der Waals surface area (Å²) in [6, 6.07) is 19.5. The number of benzene rings is 3. The minimum absolute atomic E-state index is 0.0597. The van der Waals surface area contributed by atoms with Crippen molar-refractivity contribution < 1.29 is 4.79 Å². The quantitative estimate of drug-likeness (QED) is 0.186. The van der Waals surface area contributed by atoms with Crippen molar-refractivity contribution >= 4 is 62.6 Å². The van der Waals surface area contributed by atoms with Crippen LogP contribution in [-0.2, 0) is 0 Å². The summed E-state index contributed by atoms with van der Waals surface area (Å²) in [6.07, 6.45) is 1.72. The smallest absolute Gasteiger partial charge is 0.266 e. The Morgan fingerprint density at radius 2 is 1.72 bits per heavy atom. The summed E-state index contributed by atoms with van der Waals surface area (Å²) in [5.41, 5.74) is 2.37. The largest absolute Gasteiger partial charge is 0.360 e. The number of nitrogens with one attached hydrogen (secondary N) is 1. The molecule has 0 saturated carbocycles. The molecule has 0 aliphatic heterocycles. The fourth-order valence-corrected chi connectivity index (χ4v) is 4.75. The average molecular weight is 480 g/mol. The molecule has 0 aliphatic rings. The molecule has 5 nitrogen and oxygen atoms in total. The molecule has 0 aliphatic carbocycles. The molecule has 2 heterocycles. The van der Waals surface area contributed by atoms with Crippen molar-refractivity contribution in [3.8, 4) is 5.69 Å². The summed E-state index contributed by atoms with van der Waals surface area (Å²) in [6.45, 7) is 0. The van der Waals surface area contributed by atoms with Crippen molar-refractivity contribution in [2.45, 2.75) is 5.16 Å². The first-order valence-electron chi connectivity index (χ1n) is 9.71. The highest BCUT2D eigenvalue weighted by molar-refractivity contribution is 7.99. The number of ketones is 1. The molecule has 1 N–H and O–H groups in total. The third kappa shape index (κ3) is 3.81. The molecule has 3 aromatic carbocycles. The van der Waals surface area contributed by atoms with E-state index in [1.54, 1.807) is 48.7 Å². The third-order valence-corrected chi connectivity index (χ3v) is 6.53. The van der Waals surface area contributed by atoms with E-state index in [4.69, 9.17) is 23.2 Å². The number of hydrogen-bond acceptors (Lipinski definition) is 4. The molecule has 0 bridgehead atoms. The van der Waals surface area contributed by atoms with E-state index in [0.717, 1.165) is 10.9 Å². The van der Waals surface area contributed by atoms with Crippen LogP contribution in [0.1, 0.15) is 10.4 Å². The van der Waals surface area contributed by atoms with Crippen molar-refractivity contribution in [3.63, 3.8) is 0 Å². The standard InChI is InChI=1S/C24H15Cl2N3O2S/c25-14-5-8-16(9-6-14)29-23(31)18-10-7-15(26)11-21(18)28-24(29)32-13-22(30)19-12-27-20-4-2-1-3-17(19)20/h1-12,27H,13H2. The van der Waals surface area contributed by atoms with Gasteiger partial charge in [-0.25, -0.2) is 4.98 Å². The second-order valence-electron chi connectivity index (χ2n) is 7.13. The van der Waals surface area contributed by atoms with Gasteiger partial charge >= 0.3 is 0 Å². The number of carbonyl (C=O) groups excluding carboxylic acids is 1. The lowest BCUT2D eigenvalue weighted by atomic mass is 10.1. The first-order chi connectivity index (χ1) is 15.5. The molecule has 2 aromatic heterocycles. The first-order valence-corrected chi connectivity index (χ1v) is 11.5. The Labute approximate surface area is 197 Å². The Hall–Kier alpha value is -3.06. The second kappa shape index (κ2) is 8.47. The predicted octanol–water partition coefficient (Wildman–Crippen LogP) is 6.15. The molecule has 8 heteroatoms. The molecule has 0 atom stereocenters. The van der Waals surface area contributed by atoms with E-state index in [-0.39, 0.29) is 17.1 Å². The zero-order valence-corrected chi connectivity index (χ0v) is 18.8. The van der Waals surface area contributed by atoms with E-state index in [2.05, 4.69) is 9.97 Å². The summed E-state index contributed by atoms with van der Waals surface area (Å²) in [5.74, 6) is 0.0593. The lowest BCUT2D eigenvalue weighted by Crippen LogP contribution is -2.22. The van der Waals surface area contributed by atoms with Gasteiger partial charge in [0.05, 0.1) is 22.3 Å². The highest BCUT2D eigenvalue weighted by Gasteiger charge is 2.17. The summed E-state index contributed by atoms with van der Waals surface area (Å²) in [4.78, 5) is 34.1. The fraction of sp³-hybridized carbons (Fsp3) is 0.0417. The number of para-hydroxylation sites is 1. The summed E-state index contributed by atoms with van der Waals surface area (Å²) in [7, 11) is 0. The molecule has 0 fully saturated rings. The molecule has 0 saturated heterocycles. The van der Waals surface area contributed by atoms with Crippen LogP contribution in [0.4, 0.5) is 0 Å². The van der Waals surface area contributed by atoms with E-state index < -0.39 is 0 Å². The number of carbonyl (C=O) groups is 1. The summed E-state index contributed by atoms with van der Waals surface area (Å²) >= 11 is 13.4. The highest BCUT2D eigenvalue weighted by Crippen LogP contribution is 2.26. The number of nitrogens with zero attached hydrogens (tertiary/aromatic N) is 2. The van der Waals surface area contributed by atoms with Gasteiger partial charge in [0.2, 0.25) is 0 Å². The number of halogens is 2. The normalized spacial score (nSPS) is 11.3. The number of fused-ring (bicyclic) bond motifs is 2. The second-order valence-corrected chi connectivity index (χ2v) is 8.95. The Morgan fingerprint density at radius 3 is 2.53 bits per heavy atom. The van der Waals surface area contributed by atoms with E-state index in [1.807, 2.05) is 24.3 Å². The lowest BCUT2D eigenvalue weighted by Gasteiger charge is -2.13. The minimum atomic E-state index is -0.240. The van der Waals surface area contributed by atoms with Crippen LogP contribution in [-0.4, -0.2) is 26.1 Å². The van der Waals surface area contributed by atoms with Gasteiger partial charge in [0, 0.05) is 32.7 Å². The Bertz CT molecular complexity index is 1540. The van der Waals surface area contributed by atoms with Crippen LogP contribution in [0, 0.1) is 0 Å². The van der Waals surface area contributed by atoms with Gasteiger partial charge < -0.3 is 4.98 Å². The Kier molecular flexibility index (Phi) is 5.51. The predicted molar refractivity (Wildman–Crippen MR) is 131 cm³/mol. The number of Topliss-reactive ketones (excluding diaryl/α,β-unsaturated/α-hetero) is 1. The molecule has 0 radical (unpaired) electrons. The van der Waals surface area contributed by atoms with Gasteiger partial charge in [-0.2, -0.15) is 0 Å². The van der Waals surface area contributed by atoms with Gasteiger partial charge in [0.15, 0.2) is 10.9 Å². The molecule has 5 rings (SSSR count). The number of rotatable bonds is 5. The molecule has 0 amide bonds. The lowest BCUT2D eigenvalue weighted by molar-refractivity contribution is 0.102. The minimum Gasteiger partial charge on any atom is -0.360 e. The molecule has 0 spiro atoms. The average Bonchev–Trinajstić information content (AvgIpc) is 3.22. The van der Waals surface area contributed by atoms with Crippen molar-refractivity contribution in [1.29, 1.82) is 0 Å². The van der Waals surface area contributed by atoms with Gasteiger partial charge in [-0.05, 0) is 48.5 Å². The van der Waals surface area contributed by atoms with Crippen LogP contribution in [0.3, 0.4) is 0 Å². The van der Waals surface area contributed by atoms with Crippen molar-refractivity contribution in [3.05, 3.63) is 98.9 Å². The molecular formula is C24H15Cl2N3O2S. The van der Waals surface area contributed by atoms with E-state index in [9.17, 15) is 9.59 Å². The zero-order valence-electron chi connectivity index (χ0n) is 16.5. The van der Waals surface area contributed by atoms with E-state index in [1.165, 1.54) is 16.3 Å². The van der Waals surface area contributed by atoms with Crippen molar-refractivity contribution in [2.24, 2.45) is 0 Å². The number of H-pyrrole nitrogens is 1. The maximum Gasteiger partial charge on any atom is 0.266 e.